The number of nitrogens with two attached hydrogens (primary N) is 1. The largest absolute Gasteiger partial charge is 0.493 e. The monoisotopic (exact) mass is 482 g/mol. The van der Waals surface area contributed by atoms with Crippen molar-refractivity contribution < 1.29 is 19.1 Å². The molecule has 5 rings (SSSR count). The molecule has 184 valence electrons. The van der Waals surface area contributed by atoms with Gasteiger partial charge in [0, 0.05) is 29.1 Å². The van der Waals surface area contributed by atoms with Crippen LogP contribution in [-0.4, -0.2) is 28.9 Å². The van der Waals surface area contributed by atoms with Gasteiger partial charge >= 0.3 is 0 Å². The second-order valence-corrected chi connectivity index (χ2v) is 10.3. The number of aromatic nitrogens is 1. The smallest absolute Gasteiger partial charge is 0.249 e. The van der Waals surface area contributed by atoms with Crippen LogP contribution in [0.5, 0.6) is 5.75 Å². The van der Waals surface area contributed by atoms with Crippen molar-refractivity contribution in [3.8, 4) is 16.9 Å². The quantitative estimate of drug-likeness (QED) is 0.386. The fourth-order valence-electron chi connectivity index (χ4n) is 5.33. The Balaban J connectivity index is 1.98. The average molecular weight is 483 g/mol. The van der Waals surface area contributed by atoms with Gasteiger partial charge in [-0.2, -0.15) is 0 Å². The summed E-state index contributed by atoms with van der Waals surface area (Å²) in [5, 5.41) is 2.52. The van der Waals surface area contributed by atoms with Gasteiger partial charge in [0.1, 0.15) is 11.9 Å². The van der Waals surface area contributed by atoms with Crippen LogP contribution in [0, 0.1) is 6.92 Å². The zero-order valence-corrected chi connectivity index (χ0v) is 21.3. The highest BCUT2D eigenvalue weighted by atomic mass is 16.5. The van der Waals surface area contributed by atoms with E-state index in [0.29, 0.717) is 23.3 Å². The number of rotatable bonds is 5. The highest BCUT2D eigenvalue weighted by Crippen LogP contribution is 2.46. The van der Waals surface area contributed by atoms with E-state index in [0.717, 1.165) is 45.0 Å². The van der Waals surface area contributed by atoms with Gasteiger partial charge in [0.05, 0.1) is 23.3 Å². The Hall–Kier alpha value is -3.77. The van der Waals surface area contributed by atoms with Gasteiger partial charge in [0.2, 0.25) is 5.91 Å². The summed E-state index contributed by atoms with van der Waals surface area (Å²) in [6, 6.07) is 13.6. The molecule has 0 fully saturated rings. The number of nitrogens with zero attached hydrogens (tertiary/aromatic N) is 1. The molecule has 0 saturated heterocycles. The van der Waals surface area contributed by atoms with E-state index in [1.54, 1.807) is 0 Å². The lowest BCUT2D eigenvalue weighted by Gasteiger charge is -2.31. The number of ether oxygens (including phenoxy) is 2. The number of primary amides is 1. The Morgan fingerprint density at radius 2 is 1.81 bits per heavy atom. The number of hydrogen-bond acceptors (Lipinski definition) is 5. The van der Waals surface area contributed by atoms with Crippen LogP contribution in [0.4, 0.5) is 0 Å². The SMILES string of the molecule is CC(=O)[C@@H](OC(C)(C)C)c1c(C)c(C(N)=O)c2ccccc2c1-c1ccc2c3c(ccnc13)CCO2. The summed E-state index contributed by atoms with van der Waals surface area (Å²) in [6.07, 6.45) is 1.72. The molecule has 0 spiro atoms. The summed E-state index contributed by atoms with van der Waals surface area (Å²) in [5.41, 5.74) is 10.6. The zero-order valence-electron chi connectivity index (χ0n) is 21.3. The third-order valence-electron chi connectivity index (χ3n) is 6.70. The van der Waals surface area contributed by atoms with Crippen molar-refractivity contribution in [2.24, 2.45) is 5.73 Å². The Morgan fingerprint density at radius 3 is 2.47 bits per heavy atom. The van der Waals surface area contributed by atoms with Gasteiger partial charge < -0.3 is 15.2 Å². The van der Waals surface area contributed by atoms with Gasteiger partial charge in [-0.1, -0.05) is 24.3 Å². The third-order valence-corrected chi connectivity index (χ3v) is 6.70. The van der Waals surface area contributed by atoms with Crippen molar-refractivity contribution in [2.45, 2.75) is 52.7 Å². The van der Waals surface area contributed by atoms with Gasteiger partial charge in [-0.25, -0.2) is 0 Å². The molecule has 1 atom stereocenters. The van der Waals surface area contributed by atoms with Crippen molar-refractivity contribution in [2.75, 3.05) is 6.61 Å². The van der Waals surface area contributed by atoms with E-state index in [1.807, 2.05) is 76.4 Å². The molecule has 0 aliphatic carbocycles. The molecule has 36 heavy (non-hydrogen) atoms. The minimum absolute atomic E-state index is 0.154. The second-order valence-electron chi connectivity index (χ2n) is 10.3. The van der Waals surface area contributed by atoms with E-state index in [2.05, 4.69) is 0 Å². The summed E-state index contributed by atoms with van der Waals surface area (Å²) in [7, 11) is 0. The minimum Gasteiger partial charge on any atom is -0.493 e. The zero-order chi connectivity index (χ0) is 25.8. The topological polar surface area (TPSA) is 91.5 Å². The van der Waals surface area contributed by atoms with Gasteiger partial charge in [-0.05, 0) is 80.3 Å². The fourth-order valence-corrected chi connectivity index (χ4v) is 5.33. The molecule has 1 aliphatic heterocycles. The lowest BCUT2D eigenvalue weighted by atomic mass is 9.82. The average Bonchev–Trinajstić information content (AvgIpc) is 2.82. The van der Waals surface area contributed by atoms with Gasteiger partial charge in [-0.15, -0.1) is 0 Å². The predicted molar refractivity (Wildman–Crippen MR) is 141 cm³/mol. The first kappa shape index (κ1) is 23.9. The molecule has 0 bridgehead atoms. The van der Waals surface area contributed by atoms with Crippen molar-refractivity contribution in [1.29, 1.82) is 0 Å². The third kappa shape index (κ3) is 3.91. The standard InChI is InChI=1S/C30H30N2O4/c1-16-23(29(31)34)19-8-6-7-9-20(19)26(24(16)28(17(2)33)36-30(3,4)5)21-10-11-22-25-18(13-15-35-22)12-14-32-27(21)25/h6-12,14,28H,13,15H2,1-5H3,(H2,31,34)/t28-/m1/s1. The number of pyridine rings is 1. The first-order valence-electron chi connectivity index (χ1n) is 12.2. The van der Waals surface area contributed by atoms with E-state index >= 15 is 0 Å². The van der Waals surface area contributed by atoms with Crippen molar-refractivity contribution in [3.05, 3.63) is 70.9 Å². The summed E-state index contributed by atoms with van der Waals surface area (Å²) in [6.45, 7) is 9.72. The Labute approximate surface area is 210 Å². The van der Waals surface area contributed by atoms with Gasteiger partial charge in [-0.3, -0.25) is 14.6 Å². The second kappa shape index (κ2) is 8.71. The molecule has 1 aliphatic rings. The number of benzene rings is 3. The summed E-state index contributed by atoms with van der Waals surface area (Å²) in [4.78, 5) is 30.6. The predicted octanol–water partition coefficient (Wildman–Crippen LogP) is 5.84. The molecule has 6 nitrogen and oxygen atoms in total. The Bertz CT molecular complexity index is 1540. The van der Waals surface area contributed by atoms with Crippen molar-refractivity contribution >= 4 is 33.4 Å². The van der Waals surface area contributed by atoms with Crippen molar-refractivity contribution in [3.63, 3.8) is 0 Å². The van der Waals surface area contributed by atoms with E-state index in [1.165, 1.54) is 12.5 Å². The molecule has 0 saturated carbocycles. The molecule has 6 heteroatoms. The molecule has 1 aromatic heterocycles. The Morgan fingerprint density at radius 1 is 1.08 bits per heavy atom. The highest BCUT2D eigenvalue weighted by Gasteiger charge is 2.33. The molecule has 3 aromatic carbocycles. The molecular formula is C30H30N2O4. The van der Waals surface area contributed by atoms with Crippen LogP contribution < -0.4 is 10.5 Å². The van der Waals surface area contributed by atoms with Crippen LogP contribution in [0.2, 0.25) is 0 Å². The van der Waals surface area contributed by atoms with Gasteiger partial charge in [0.25, 0.3) is 0 Å². The maximum Gasteiger partial charge on any atom is 0.249 e. The molecule has 1 amide bonds. The van der Waals surface area contributed by atoms with Crippen LogP contribution in [0.1, 0.15) is 60.8 Å². The molecule has 0 unspecified atom stereocenters. The van der Waals surface area contributed by atoms with E-state index in [9.17, 15) is 9.59 Å². The number of carbonyl (C=O) groups excluding carboxylic acids is 2. The van der Waals surface area contributed by atoms with Crippen molar-refractivity contribution in [1.82, 2.24) is 4.98 Å². The molecule has 2 N–H and O–H groups in total. The summed E-state index contributed by atoms with van der Waals surface area (Å²) >= 11 is 0. The lowest BCUT2D eigenvalue weighted by molar-refractivity contribution is -0.138. The molecular weight excluding hydrogens is 452 g/mol. The maximum atomic E-state index is 13.1. The molecule has 0 radical (unpaired) electrons. The van der Waals surface area contributed by atoms with Crippen LogP contribution >= 0.6 is 0 Å². The van der Waals surface area contributed by atoms with Gasteiger partial charge in [0.15, 0.2) is 5.78 Å². The normalized spacial score (nSPS) is 14.0. The van der Waals surface area contributed by atoms with E-state index < -0.39 is 17.6 Å². The number of carbonyl (C=O) groups is 2. The number of ketones is 1. The Kier molecular flexibility index (Phi) is 5.80. The van der Waals surface area contributed by atoms with Crippen LogP contribution in [0.25, 0.3) is 32.8 Å². The van der Waals surface area contributed by atoms with Crippen LogP contribution in [-0.2, 0) is 16.0 Å². The maximum absolute atomic E-state index is 13.1. The van der Waals surface area contributed by atoms with E-state index in [4.69, 9.17) is 20.2 Å². The summed E-state index contributed by atoms with van der Waals surface area (Å²) in [5.74, 6) is 0.102. The number of amides is 1. The lowest BCUT2D eigenvalue weighted by Crippen LogP contribution is -2.28. The van der Waals surface area contributed by atoms with E-state index in [-0.39, 0.29) is 5.78 Å². The number of fused-ring (bicyclic) bond motifs is 1. The fraction of sp³-hybridized carbons (Fsp3) is 0.300. The highest BCUT2D eigenvalue weighted by molar-refractivity contribution is 6.16. The number of Topliss-reactive ketones (excluding diaryl/α,β-unsaturated/α-hetero) is 1. The molecule has 4 aromatic rings. The van der Waals surface area contributed by atoms with Crippen LogP contribution in [0.3, 0.4) is 0 Å². The summed E-state index contributed by atoms with van der Waals surface area (Å²) < 4.78 is 12.3. The number of hydrogen-bond donors (Lipinski definition) is 1. The van der Waals surface area contributed by atoms with Crippen LogP contribution in [0.15, 0.2) is 48.7 Å². The minimum atomic E-state index is -0.898. The molecule has 2 heterocycles. The first-order valence-corrected chi connectivity index (χ1v) is 12.2. The first-order chi connectivity index (χ1) is 17.1.